The lowest BCUT2D eigenvalue weighted by atomic mass is 10.1. The molecule has 0 aromatic carbocycles. The Kier molecular flexibility index (Phi) is 3.51. The zero-order valence-electron chi connectivity index (χ0n) is 8.86. The molecule has 1 heterocycles. The highest BCUT2D eigenvalue weighted by atomic mass is 14.8. The maximum atomic E-state index is 4.45. The summed E-state index contributed by atoms with van der Waals surface area (Å²) in [7, 11) is 1.72. The Balaban J connectivity index is 3.20. The molecular weight excluding hydrogens is 174 g/mol. The van der Waals surface area contributed by atoms with E-state index in [0.29, 0.717) is 5.92 Å². The van der Waals surface area contributed by atoms with Crippen molar-refractivity contribution < 1.29 is 0 Å². The predicted octanol–water partition coefficient (Wildman–Crippen LogP) is 2.59. The van der Waals surface area contributed by atoms with E-state index in [1.165, 1.54) is 0 Å². The summed E-state index contributed by atoms with van der Waals surface area (Å²) in [5, 5.41) is 0. The highest BCUT2D eigenvalue weighted by molar-refractivity contribution is 5.84. The lowest BCUT2D eigenvalue weighted by Crippen LogP contribution is -1.97. The van der Waals surface area contributed by atoms with E-state index in [-0.39, 0.29) is 0 Å². The first-order chi connectivity index (χ1) is 6.69. The fraction of sp³-hybridized carbons (Fsp3) is 0.364. The molecule has 0 radical (unpaired) electrons. The second kappa shape index (κ2) is 4.65. The minimum atomic E-state index is 0.415. The Bertz CT molecular complexity index is 354. The molecule has 0 N–H and O–H groups in total. The van der Waals surface area contributed by atoms with E-state index in [4.69, 9.17) is 0 Å². The number of hydrogen-bond acceptors (Lipinski definition) is 3. The van der Waals surface area contributed by atoms with Crippen LogP contribution in [-0.4, -0.2) is 25.0 Å². The fourth-order valence-electron chi connectivity index (χ4n) is 1.16. The molecule has 3 heteroatoms. The molecule has 74 valence electrons. The van der Waals surface area contributed by atoms with Crippen molar-refractivity contribution in [1.29, 1.82) is 0 Å². The van der Waals surface area contributed by atoms with Crippen molar-refractivity contribution in [3.05, 3.63) is 23.5 Å². The van der Waals surface area contributed by atoms with E-state index in [0.717, 1.165) is 17.1 Å². The van der Waals surface area contributed by atoms with Crippen molar-refractivity contribution >= 4 is 18.6 Å². The van der Waals surface area contributed by atoms with Crippen molar-refractivity contribution in [1.82, 2.24) is 4.98 Å². The maximum Gasteiger partial charge on any atom is 0.107 e. The van der Waals surface area contributed by atoms with E-state index in [9.17, 15) is 0 Å². The van der Waals surface area contributed by atoms with Crippen molar-refractivity contribution in [2.75, 3.05) is 7.05 Å². The van der Waals surface area contributed by atoms with Gasteiger partial charge in [-0.05, 0) is 24.8 Å². The molecule has 0 atom stereocenters. The lowest BCUT2D eigenvalue weighted by molar-refractivity contribution is 0.821. The topological polar surface area (TPSA) is 37.6 Å². The molecule has 0 saturated heterocycles. The quantitative estimate of drug-likeness (QED) is 0.673. The second-order valence-electron chi connectivity index (χ2n) is 3.34. The summed E-state index contributed by atoms with van der Waals surface area (Å²) in [6.07, 6.45) is 1.70. The van der Waals surface area contributed by atoms with Crippen LogP contribution >= 0.6 is 0 Å². The molecule has 0 aliphatic carbocycles. The van der Waals surface area contributed by atoms with E-state index in [1.807, 2.05) is 12.1 Å². The Hall–Kier alpha value is -1.51. The molecule has 0 spiro atoms. The number of aromatic nitrogens is 1. The average Bonchev–Trinajstić information content (AvgIpc) is 2.18. The van der Waals surface area contributed by atoms with Gasteiger partial charge in [-0.2, -0.15) is 0 Å². The standard InChI is InChI=1S/C11H15N3/c1-8(2)9-5-6-10(13-4)11(14-9)7-12-3/h5-8H,4H2,1-3H3/b12-7-. The van der Waals surface area contributed by atoms with Gasteiger partial charge in [-0.25, -0.2) is 4.98 Å². The van der Waals surface area contributed by atoms with Crippen LogP contribution in [0.5, 0.6) is 0 Å². The fourth-order valence-corrected chi connectivity index (χ4v) is 1.16. The minimum absolute atomic E-state index is 0.415. The SMILES string of the molecule is C=Nc1ccc(C(C)C)nc1/C=N\C. The van der Waals surface area contributed by atoms with E-state index in [2.05, 4.69) is 35.5 Å². The Morgan fingerprint density at radius 2 is 2.14 bits per heavy atom. The van der Waals surface area contributed by atoms with Crippen LogP contribution in [0.1, 0.15) is 31.2 Å². The van der Waals surface area contributed by atoms with Gasteiger partial charge in [0.2, 0.25) is 0 Å². The summed E-state index contributed by atoms with van der Waals surface area (Å²) < 4.78 is 0. The van der Waals surface area contributed by atoms with E-state index < -0.39 is 0 Å². The van der Waals surface area contributed by atoms with Crippen LogP contribution in [0.25, 0.3) is 0 Å². The smallest absolute Gasteiger partial charge is 0.107 e. The number of pyridine rings is 1. The van der Waals surface area contributed by atoms with Gasteiger partial charge in [-0.15, -0.1) is 0 Å². The third-order valence-corrected chi connectivity index (χ3v) is 1.94. The molecule has 0 aliphatic rings. The number of aliphatic imine (C=N–C) groups is 2. The molecule has 0 aliphatic heterocycles. The van der Waals surface area contributed by atoms with Crippen molar-refractivity contribution in [2.45, 2.75) is 19.8 Å². The lowest BCUT2D eigenvalue weighted by Gasteiger charge is -2.06. The normalized spacial score (nSPS) is 11.1. The predicted molar refractivity (Wildman–Crippen MR) is 61.1 cm³/mol. The van der Waals surface area contributed by atoms with Crippen LogP contribution in [-0.2, 0) is 0 Å². The molecule has 1 aromatic rings. The third-order valence-electron chi connectivity index (χ3n) is 1.94. The highest BCUT2D eigenvalue weighted by Crippen LogP contribution is 2.19. The van der Waals surface area contributed by atoms with E-state index in [1.54, 1.807) is 13.3 Å². The molecule has 0 bridgehead atoms. The van der Waals surface area contributed by atoms with Gasteiger partial charge in [0.25, 0.3) is 0 Å². The molecule has 1 rings (SSSR count). The molecule has 3 nitrogen and oxygen atoms in total. The van der Waals surface area contributed by atoms with Crippen LogP contribution in [0.4, 0.5) is 5.69 Å². The van der Waals surface area contributed by atoms with Crippen LogP contribution in [0, 0.1) is 0 Å². The Morgan fingerprint density at radius 3 is 2.64 bits per heavy atom. The van der Waals surface area contributed by atoms with Crippen LogP contribution < -0.4 is 0 Å². The molecule has 0 amide bonds. The number of hydrogen-bond donors (Lipinski definition) is 0. The largest absolute Gasteiger partial charge is 0.294 e. The monoisotopic (exact) mass is 189 g/mol. The van der Waals surface area contributed by atoms with Crippen molar-refractivity contribution in [3.8, 4) is 0 Å². The van der Waals surface area contributed by atoms with Crippen molar-refractivity contribution in [2.24, 2.45) is 9.98 Å². The minimum Gasteiger partial charge on any atom is -0.294 e. The van der Waals surface area contributed by atoms with E-state index >= 15 is 0 Å². The van der Waals surface area contributed by atoms with Crippen LogP contribution in [0.2, 0.25) is 0 Å². The zero-order chi connectivity index (χ0) is 10.6. The molecule has 14 heavy (non-hydrogen) atoms. The molecule has 0 fully saturated rings. The first kappa shape index (κ1) is 10.6. The number of rotatable bonds is 3. The first-order valence-corrected chi connectivity index (χ1v) is 4.59. The maximum absolute atomic E-state index is 4.45. The average molecular weight is 189 g/mol. The summed E-state index contributed by atoms with van der Waals surface area (Å²) in [4.78, 5) is 12.3. The van der Waals surface area contributed by atoms with Gasteiger partial charge in [-0.3, -0.25) is 9.98 Å². The summed E-state index contributed by atoms with van der Waals surface area (Å²) in [6, 6.07) is 3.90. The summed E-state index contributed by atoms with van der Waals surface area (Å²) in [5.74, 6) is 0.415. The van der Waals surface area contributed by atoms with Gasteiger partial charge in [0.1, 0.15) is 5.69 Å². The van der Waals surface area contributed by atoms with Gasteiger partial charge in [0.05, 0.1) is 5.69 Å². The van der Waals surface area contributed by atoms with Crippen LogP contribution in [0.15, 0.2) is 22.1 Å². The van der Waals surface area contributed by atoms with Gasteiger partial charge in [-0.1, -0.05) is 13.8 Å². The number of nitrogens with zero attached hydrogens (tertiary/aromatic N) is 3. The van der Waals surface area contributed by atoms with Crippen LogP contribution in [0.3, 0.4) is 0 Å². The zero-order valence-corrected chi connectivity index (χ0v) is 8.86. The Labute approximate surface area is 84.6 Å². The summed E-state index contributed by atoms with van der Waals surface area (Å²) in [6.45, 7) is 7.71. The molecule has 0 saturated carbocycles. The molecule has 1 aromatic heterocycles. The molecule has 0 unspecified atom stereocenters. The van der Waals surface area contributed by atoms with Gasteiger partial charge < -0.3 is 0 Å². The molecular formula is C11H15N3. The third kappa shape index (κ3) is 2.25. The van der Waals surface area contributed by atoms with Crippen molar-refractivity contribution in [3.63, 3.8) is 0 Å². The Morgan fingerprint density at radius 1 is 1.43 bits per heavy atom. The first-order valence-electron chi connectivity index (χ1n) is 4.59. The van der Waals surface area contributed by atoms with Gasteiger partial charge in [0.15, 0.2) is 0 Å². The van der Waals surface area contributed by atoms with Gasteiger partial charge in [0, 0.05) is 19.0 Å². The summed E-state index contributed by atoms with van der Waals surface area (Å²) in [5.41, 5.74) is 2.61. The summed E-state index contributed by atoms with van der Waals surface area (Å²) >= 11 is 0. The van der Waals surface area contributed by atoms with Gasteiger partial charge >= 0.3 is 0 Å². The second-order valence-corrected chi connectivity index (χ2v) is 3.34. The highest BCUT2D eigenvalue weighted by Gasteiger charge is 2.04.